The van der Waals surface area contributed by atoms with Gasteiger partial charge < -0.3 is 9.47 Å². The maximum absolute atomic E-state index is 12.1. The molecular formula is C14H24O3. The van der Waals surface area contributed by atoms with Gasteiger partial charge in [-0.3, -0.25) is 0 Å². The molecule has 0 unspecified atom stereocenters. The molecule has 0 atom stereocenters. The summed E-state index contributed by atoms with van der Waals surface area (Å²) in [6.07, 6.45) is 2.59. The molecule has 0 aromatic rings. The van der Waals surface area contributed by atoms with Crippen LogP contribution in [0.25, 0.3) is 0 Å². The molecule has 1 rings (SSSR count). The highest BCUT2D eigenvalue weighted by Gasteiger charge is 2.25. The minimum absolute atomic E-state index is 0.219. The first-order chi connectivity index (χ1) is 7.79. The Labute approximate surface area is 104 Å². The molecule has 17 heavy (non-hydrogen) atoms. The van der Waals surface area contributed by atoms with Crippen LogP contribution >= 0.6 is 0 Å². The predicted octanol–water partition coefficient (Wildman–Crippen LogP) is 3.44. The van der Waals surface area contributed by atoms with Crippen molar-refractivity contribution in [3.05, 3.63) is 11.3 Å². The fourth-order valence-electron chi connectivity index (χ4n) is 1.80. The molecule has 1 fully saturated rings. The molecule has 0 saturated carbocycles. The molecule has 3 heteroatoms. The van der Waals surface area contributed by atoms with Crippen LogP contribution in [0.15, 0.2) is 11.3 Å². The summed E-state index contributed by atoms with van der Waals surface area (Å²) < 4.78 is 11.0. The van der Waals surface area contributed by atoms with Crippen molar-refractivity contribution in [2.75, 3.05) is 6.61 Å². The first-order valence-corrected chi connectivity index (χ1v) is 6.38. The quantitative estimate of drug-likeness (QED) is 0.560. The molecule has 3 nitrogen and oxygen atoms in total. The molecule has 0 bridgehead atoms. The maximum atomic E-state index is 12.1. The van der Waals surface area contributed by atoms with Crippen LogP contribution < -0.4 is 0 Å². The van der Waals surface area contributed by atoms with E-state index in [-0.39, 0.29) is 5.97 Å². The summed E-state index contributed by atoms with van der Waals surface area (Å²) >= 11 is 0. The average Bonchev–Trinajstić information content (AvgIpc) is 2.63. The van der Waals surface area contributed by atoms with Crippen molar-refractivity contribution in [2.45, 2.75) is 59.5 Å². The average molecular weight is 240 g/mol. The van der Waals surface area contributed by atoms with Gasteiger partial charge in [0, 0.05) is 6.42 Å². The van der Waals surface area contributed by atoms with Crippen LogP contribution in [-0.2, 0) is 14.3 Å². The van der Waals surface area contributed by atoms with E-state index < -0.39 is 5.60 Å². The number of carbonyl (C=O) groups is 1. The standard InChI is InChI=1S/C14H24O3/c1-10(2)9-11(12-7-6-8-16-12)13(15)17-14(3,4)5/h10H,6-9H2,1-5H3/b12-11+. The van der Waals surface area contributed by atoms with Gasteiger partial charge in [-0.2, -0.15) is 0 Å². The van der Waals surface area contributed by atoms with Gasteiger partial charge in [-0.05, 0) is 39.5 Å². The van der Waals surface area contributed by atoms with Crippen molar-refractivity contribution in [2.24, 2.45) is 5.92 Å². The minimum Gasteiger partial charge on any atom is -0.497 e. The van der Waals surface area contributed by atoms with E-state index in [1.165, 1.54) is 0 Å². The Morgan fingerprint density at radius 3 is 2.47 bits per heavy atom. The van der Waals surface area contributed by atoms with Crippen molar-refractivity contribution < 1.29 is 14.3 Å². The normalized spacial score (nSPS) is 19.2. The molecular weight excluding hydrogens is 216 g/mol. The molecule has 0 N–H and O–H groups in total. The van der Waals surface area contributed by atoms with E-state index in [9.17, 15) is 4.79 Å². The molecule has 0 aromatic carbocycles. The third-order valence-corrected chi connectivity index (χ3v) is 2.42. The van der Waals surface area contributed by atoms with Gasteiger partial charge in [-0.25, -0.2) is 4.79 Å². The van der Waals surface area contributed by atoms with E-state index in [0.717, 1.165) is 37.2 Å². The van der Waals surface area contributed by atoms with Crippen LogP contribution in [0.1, 0.15) is 53.9 Å². The van der Waals surface area contributed by atoms with E-state index in [1.54, 1.807) is 0 Å². The summed E-state index contributed by atoms with van der Waals surface area (Å²) in [6.45, 7) is 10.6. The first-order valence-electron chi connectivity index (χ1n) is 6.38. The zero-order valence-electron chi connectivity index (χ0n) is 11.6. The molecule has 98 valence electrons. The maximum Gasteiger partial charge on any atom is 0.337 e. The molecule has 0 aromatic heterocycles. The van der Waals surface area contributed by atoms with Crippen molar-refractivity contribution in [3.63, 3.8) is 0 Å². The Morgan fingerprint density at radius 1 is 1.41 bits per heavy atom. The summed E-state index contributed by atoms with van der Waals surface area (Å²) in [6, 6.07) is 0. The molecule has 1 aliphatic heterocycles. The fraction of sp³-hybridized carbons (Fsp3) is 0.786. The van der Waals surface area contributed by atoms with Gasteiger partial charge in [0.1, 0.15) is 11.4 Å². The molecule has 1 heterocycles. The van der Waals surface area contributed by atoms with Gasteiger partial charge >= 0.3 is 5.97 Å². The summed E-state index contributed by atoms with van der Waals surface area (Å²) in [5.41, 5.74) is 0.283. The Balaban J connectivity index is 2.83. The summed E-state index contributed by atoms with van der Waals surface area (Å²) in [5.74, 6) is 1.05. The molecule has 0 radical (unpaired) electrons. The Bertz CT molecular complexity index is 300. The summed E-state index contributed by atoms with van der Waals surface area (Å²) in [4.78, 5) is 12.1. The van der Waals surface area contributed by atoms with Crippen molar-refractivity contribution in [1.82, 2.24) is 0 Å². The van der Waals surface area contributed by atoms with Crippen LogP contribution in [-0.4, -0.2) is 18.2 Å². The fourth-order valence-corrected chi connectivity index (χ4v) is 1.80. The van der Waals surface area contributed by atoms with Gasteiger partial charge in [0.25, 0.3) is 0 Å². The predicted molar refractivity (Wildman–Crippen MR) is 67.5 cm³/mol. The Hall–Kier alpha value is -0.990. The second-order valence-corrected chi connectivity index (χ2v) is 5.95. The molecule has 1 aliphatic rings. The number of rotatable bonds is 3. The first kappa shape index (κ1) is 14.1. The van der Waals surface area contributed by atoms with E-state index in [4.69, 9.17) is 9.47 Å². The largest absolute Gasteiger partial charge is 0.497 e. The number of hydrogen-bond donors (Lipinski definition) is 0. The third kappa shape index (κ3) is 4.80. The van der Waals surface area contributed by atoms with Crippen molar-refractivity contribution in [3.8, 4) is 0 Å². The van der Waals surface area contributed by atoms with E-state index >= 15 is 0 Å². The second-order valence-electron chi connectivity index (χ2n) is 5.95. The van der Waals surface area contributed by atoms with Gasteiger partial charge in [0.05, 0.1) is 12.2 Å². The van der Waals surface area contributed by atoms with E-state index in [2.05, 4.69) is 13.8 Å². The van der Waals surface area contributed by atoms with Gasteiger partial charge in [-0.15, -0.1) is 0 Å². The highest BCUT2D eigenvalue weighted by molar-refractivity contribution is 5.89. The topological polar surface area (TPSA) is 35.5 Å². The number of allylic oxidation sites excluding steroid dienone is 1. The van der Waals surface area contributed by atoms with E-state index in [0.29, 0.717) is 5.92 Å². The summed E-state index contributed by atoms with van der Waals surface area (Å²) in [7, 11) is 0. The Kier molecular flexibility index (Phi) is 4.61. The zero-order chi connectivity index (χ0) is 13.1. The lowest BCUT2D eigenvalue weighted by molar-refractivity contribution is -0.150. The lowest BCUT2D eigenvalue weighted by atomic mass is 10.0. The van der Waals surface area contributed by atoms with Crippen molar-refractivity contribution in [1.29, 1.82) is 0 Å². The van der Waals surface area contributed by atoms with Gasteiger partial charge in [0.15, 0.2) is 0 Å². The van der Waals surface area contributed by atoms with Crippen LogP contribution in [0.4, 0.5) is 0 Å². The molecule has 1 saturated heterocycles. The number of esters is 1. The van der Waals surface area contributed by atoms with Crippen LogP contribution in [0.3, 0.4) is 0 Å². The van der Waals surface area contributed by atoms with Crippen LogP contribution in [0.2, 0.25) is 0 Å². The third-order valence-electron chi connectivity index (χ3n) is 2.42. The lowest BCUT2D eigenvalue weighted by Gasteiger charge is -2.22. The van der Waals surface area contributed by atoms with Gasteiger partial charge in [-0.1, -0.05) is 13.8 Å². The SMILES string of the molecule is CC(C)C/C(C(=O)OC(C)(C)C)=C1/CCCO1. The highest BCUT2D eigenvalue weighted by atomic mass is 16.6. The highest BCUT2D eigenvalue weighted by Crippen LogP contribution is 2.26. The molecule has 0 amide bonds. The van der Waals surface area contributed by atoms with Crippen molar-refractivity contribution >= 4 is 5.97 Å². The molecule has 0 aliphatic carbocycles. The number of carbonyl (C=O) groups excluding carboxylic acids is 1. The number of hydrogen-bond acceptors (Lipinski definition) is 3. The molecule has 0 spiro atoms. The lowest BCUT2D eigenvalue weighted by Crippen LogP contribution is -2.26. The monoisotopic (exact) mass is 240 g/mol. The van der Waals surface area contributed by atoms with Gasteiger partial charge in [0.2, 0.25) is 0 Å². The zero-order valence-corrected chi connectivity index (χ0v) is 11.6. The Morgan fingerprint density at radius 2 is 2.06 bits per heavy atom. The summed E-state index contributed by atoms with van der Waals surface area (Å²) in [5, 5.41) is 0. The van der Waals surface area contributed by atoms with Crippen LogP contribution in [0, 0.1) is 5.92 Å². The second kappa shape index (κ2) is 5.56. The van der Waals surface area contributed by atoms with Crippen LogP contribution in [0.5, 0.6) is 0 Å². The van der Waals surface area contributed by atoms with E-state index in [1.807, 2.05) is 20.8 Å². The number of ether oxygens (including phenoxy) is 2. The minimum atomic E-state index is -0.446. The smallest absolute Gasteiger partial charge is 0.337 e.